The Morgan fingerprint density at radius 3 is 2.50 bits per heavy atom. The first kappa shape index (κ1) is 17.7. The molecule has 1 aromatic carbocycles. The molecule has 1 aromatic rings. The number of nitrogens with zero attached hydrogens (tertiary/aromatic N) is 1. The average Bonchev–Trinajstić information content (AvgIpc) is 2.59. The molecule has 3 atom stereocenters. The highest BCUT2D eigenvalue weighted by molar-refractivity contribution is 5.98. The van der Waals surface area contributed by atoms with E-state index in [1.807, 2.05) is 26.0 Å². The average molecular weight is 331 g/mol. The molecule has 6 nitrogen and oxygen atoms in total. The number of amides is 1. The molecular formula is C18H21NO5. The SMILES string of the molecule is COC(=O)C(CC=C(C)C)N1C(=O)[C@H](Oc2ccccc2)[C@@H]1C=O. The summed E-state index contributed by atoms with van der Waals surface area (Å²) in [5, 5.41) is 0. The number of carbonyl (C=O) groups is 3. The van der Waals surface area contributed by atoms with Crippen molar-refractivity contribution in [3.63, 3.8) is 0 Å². The van der Waals surface area contributed by atoms with E-state index in [0.29, 0.717) is 18.5 Å². The van der Waals surface area contributed by atoms with Crippen molar-refractivity contribution in [3.05, 3.63) is 42.0 Å². The van der Waals surface area contributed by atoms with E-state index in [1.54, 1.807) is 24.3 Å². The zero-order valence-corrected chi connectivity index (χ0v) is 14.0. The molecule has 0 aromatic heterocycles. The second-order valence-corrected chi connectivity index (χ2v) is 5.78. The highest BCUT2D eigenvalue weighted by Crippen LogP contribution is 2.28. The van der Waals surface area contributed by atoms with Gasteiger partial charge < -0.3 is 19.2 Å². The van der Waals surface area contributed by atoms with Crippen LogP contribution in [0.4, 0.5) is 0 Å². The van der Waals surface area contributed by atoms with Gasteiger partial charge in [-0.25, -0.2) is 4.79 Å². The molecule has 0 radical (unpaired) electrons. The predicted molar refractivity (Wildman–Crippen MR) is 87.4 cm³/mol. The van der Waals surface area contributed by atoms with Gasteiger partial charge >= 0.3 is 5.97 Å². The molecule has 1 saturated heterocycles. The predicted octanol–water partition coefficient (Wildman–Crippen LogP) is 1.74. The van der Waals surface area contributed by atoms with Crippen molar-refractivity contribution in [2.45, 2.75) is 38.5 Å². The molecule has 0 saturated carbocycles. The molecule has 1 aliphatic rings. The van der Waals surface area contributed by atoms with Gasteiger partial charge in [0, 0.05) is 0 Å². The number of benzene rings is 1. The molecular weight excluding hydrogens is 310 g/mol. The van der Waals surface area contributed by atoms with Crippen LogP contribution < -0.4 is 4.74 Å². The summed E-state index contributed by atoms with van der Waals surface area (Å²) >= 11 is 0. The molecule has 6 heteroatoms. The maximum absolute atomic E-state index is 12.5. The van der Waals surface area contributed by atoms with Crippen molar-refractivity contribution in [1.82, 2.24) is 4.90 Å². The number of aldehydes is 1. The van der Waals surface area contributed by atoms with Gasteiger partial charge in [0.15, 0.2) is 0 Å². The van der Waals surface area contributed by atoms with Crippen LogP contribution in [0.25, 0.3) is 0 Å². The molecule has 0 N–H and O–H groups in total. The number of β-lactam (4-membered cyclic amide) rings is 1. The fraction of sp³-hybridized carbons (Fsp3) is 0.389. The second kappa shape index (κ2) is 7.77. The lowest BCUT2D eigenvalue weighted by atomic mass is 9.94. The van der Waals surface area contributed by atoms with Gasteiger partial charge in [-0.2, -0.15) is 0 Å². The lowest BCUT2D eigenvalue weighted by molar-refractivity contribution is -0.176. The minimum Gasteiger partial charge on any atom is -0.478 e. The normalized spacial score (nSPS) is 20.6. The van der Waals surface area contributed by atoms with Crippen molar-refractivity contribution >= 4 is 18.2 Å². The lowest BCUT2D eigenvalue weighted by Crippen LogP contribution is -2.71. The first-order valence-electron chi connectivity index (χ1n) is 7.70. The van der Waals surface area contributed by atoms with Crippen LogP contribution in [0, 0.1) is 0 Å². The smallest absolute Gasteiger partial charge is 0.328 e. The summed E-state index contributed by atoms with van der Waals surface area (Å²) in [6.07, 6.45) is 1.85. The summed E-state index contributed by atoms with van der Waals surface area (Å²) in [4.78, 5) is 37.2. The molecule has 1 unspecified atom stereocenters. The third kappa shape index (κ3) is 3.64. The molecule has 0 aliphatic carbocycles. The minimum atomic E-state index is -0.913. The lowest BCUT2D eigenvalue weighted by Gasteiger charge is -2.46. The highest BCUT2D eigenvalue weighted by Gasteiger charge is 2.54. The molecule has 24 heavy (non-hydrogen) atoms. The summed E-state index contributed by atoms with van der Waals surface area (Å²) in [7, 11) is 1.26. The zero-order valence-electron chi connectivity index (χ0n) is 14.0. The Hall–Kier alpha value is -2.63. The van der Waals surface area contributed by atoms with Crippen LogP contribution in [-0.2, 0) is 19.1 Å². The number of esters is 1. The van der Waals surface area contributed by atoms with E-state index in [1.165, 1.54) is 12.0 Å². The number of para-hydroxylation sites is 1. The van der Waals surface area contributed by atoms with Gasteiger partial charge in [0.2, 0.25) is 6.10 Å². The summed E-state index contributed by atoms with van der Waals surface area (Å²) in [5.74, 6) is -0.444. The topological polar surface area (TPSA) is 72.9 Å². The molecule has 1 fully saturated rings. The van der Waals surface area contributed by atoms with Crippen LogP contribution in [0.3, 0.4) is 0 Å². The number of methoxy groups -OCH3 is 1. The minimum absolute atomic E-state index is 0.295. The van der Waals surface area contributed by atoms with E-state index in [9.17, 15) is 14.4 Å². The standard InChI is InChI=1S/C18H21NO5/c1-12(2)9-10-14(18(22)23-3)19-15(11-20)16(17(19)21)24-13-7-5-4-6-8-13/h4-9,11,14-16H,10H2,1-3H3/t14?,15-,16+/m0/s1. The van der Waals surface area contributed by atoms with Gasteiger partial charge in [0.05, 0.1) is 7.11 Å². The van der Waals surface area contributed by atoms with Crippen molar-refractivity contribution in [1.29, 1.82) is 0 Å². The molecule has 2 rings (SSSR count). The summed E-state index contributed by atoms with van der Waals surface area (Å²) < 4.78 is 10.4. The summed E-state index contributed by atoms with van der Waals surface area (Å²) in [6.45, 7) is 3.79. The number of ether oxygens (including phenoxy) is 2. The molecule has 1 heterocycles. The van der Waals surface area contributed by atoms with Crippen molar-refractivity contribution in [2.75, 3.05) is 7.11 Å². The van der Waals surface area contributed by atoms with Crippen LogP contribution in [0.1, 0.15) is 20.3 Å². The number of hydrogen-bond acceptors (Lipinski definition) is 5. The van der Waals surface area contributed by atoms with E-state index in [4.69, 9.17) is 9.47 Å². The van der Waals surface area contributed by atoms with Gasteiger partial charge in [0.1, 0.15) is 24.1 Å². The number of likely N-dealkylation sites (tertiary alicyclic amines) is 1. The van der Waals surface area contributed by atoms with E-state index < -0.39 is 30.1 Å². The molecule has 1 amide bonds. The maximum atomic E-state index is 12.5. The molecule has 1 aliphatic heterocycles. The quantitative estimate of drug-likeness (QED) is 0.329. The largest absolute Gasteiger partial charge is 0.478 e. The first-order chi connectivity index (χ1) is 11.5. The second-order valence-electron chi connectivity index (χ2n) is 5.78. The van der Waals surface area contributed by atoms with Crippen LogP contribution >= 0.6 is 0 Å². The molecule has 0 bridgehead atoms. The summed E-state index contributed by atoms with van der Waals surface area (Å²) in [6, 6.07) is 7.15. The van der Waals surface area contributed by atoms with Crippen molar-refractivity contribution < 1.29 is 23.9 Å². The number of rotatable bonds is 7. The van der Waals surface area contributed by atoms with Crippen LogP contribution in [-0.4, -0.2) is 48.4 Å². The van der Waals surface area contributed by atoms with Gasteiger partial charge in [-0.3, -0.25) is 4.79 Å². The maximum Gasteiger partial charge on any atom is 0.328 e. The van der Waals surface area contributed by atoms with Crippen LogP contribution in [0.15, 0.2) is 42.0 Å². The highest BCUT2D eigenvalue weighted by atomic mass is 16.5. The van der Waals surface area contributed by atoms with Gasteiger partial charge in [-0.05, 0) is 32.4 Å². The number of allylic oxidation sites excluding steroid dienone is 1. The van der Waals surface area contributed by atoms with Gasteiger partial charge in [-0.15, -0.1) is 0 Å². The molecule has 0 spiro atoms. The monoisotopic (exact) mass is 331 g/mol. The van der Waals surface area contributed by atoms with E-state index >= 15 is 0 Å². The Morgan fingerprint density at radius 1 is 1.29 bits per heavy atom. The first-order valence-corrected chi connectivity index (χ1v) is 7.70. The zero-order chi connectivity index (χ0) is 17.7. The number of carbonyl (C=O) groups excluding carboxylic acids is 3. The third-order valence-electron chi connectivity index (χ3n) is 3.83. The summed E-state index contributed by atoms with van der Waals surface area (Å²) in [5.41, 5.74) is 1.01. The Kier molecular flexibility index (Phi) is 5.73. The van der Waals surface area contributed by atoms with Crippen LogP contribution in [0.5, 0.6) is 5.75 Å². The fourth-order valence-electron chi connectivity index (χ4n) is 2.57. The van der Waals surface area contributed by atoms with E-state index in [0.717, 1.165) is 5.57 Å². The Morgan fingerprint density at radius 2 is 1.96 bits per heavy atom. The Labute approximate surface area is 141 Å². The van der Waals surface area contributed by atoms with Crippen molar-refractivity contribution in [3.8, 4) is 5.75 Å². The third-order valence-corrected chi connectivity index (χ3v) is 3.83. The van der Waals surface area contributed by atoms with Crippen LogP contribution in [0.2, 0.25) is 0 Å². The Balaban J connectivity index is 2.17. The van der Waals surface area contributed by atoms with E-state index in [2.05, 4.69) is 0 Å². The fourth-order valence-corrected chi connectivity index (χ4v) is 2.57. The van der Waals surface area contributed by atoms with E-state index in [-0.39, 0.29) is 0 Å². The van der Waals surface area contributed by atoms with Gasteiger partial charge in [0.25, 0.3) is 5.91 Å². The number of hydrogen-bond donors (Lipinski definition) is 0. The van der Waals surface area contributed by atoms with Crippen molar-refractivity contribution in [2.24, 2.45) is 0 Å². The van der Waals surface area contributed by atoms with Gasteiger partial charge in [-0.1, -0.05) is 29.8 Å². The Bertz CT molecular complexity index is 636. The molecule has 128 valence electrons.